The SMILES string of the molecule is CCCNC(=O)CCNC(=O)c1csc(CCN)n1. The van der Waals surface area contributed by atoms with Crippen LogP contribution >= 0.6 is 11.3 Å². The van der Waals surface area contributed by atoms with Crippen LogP contribution < -0.4 is 16.4 Å². The van der Waals surface area contributed by atoms with Crippen LogP contribution in [0.2, 0.25) is 0 Å². The van der Waals surface area contributed by atoms with Crippen LogP contribution in [-0.2, 0) is 11.2 Å². The third-order valence-corrected chi connectivity index (χ3v) is 3.26. The van der Waals surface area contributed by atoms with Crippen LogP contribution in [0.25, 0.3) is 0 Å². The molecule has 6 nitrogen and oxygen atoms in total. The van der Waals surface area contributed by atoms with E-state index in [9.17, 15) is 9.59 Å². The number of nitrogens with one attached hydrogen (secondary N) is 2. The van der Waals surface area contributed by atoms with Gasteiger partial charge in [0.1, 0.15) is 5.69 Å². The molecule has 1 aromatic heterocycles. The highest BCUT2D eigenvalue weighted by molar-refractivity contribution is 7.09. The van der Waals surface area contributed by atoms with Crippen molar-refractivity contribution in [1.29, 1.82) is 0 Å². The number of nitrogens with two attached hydrogens (primary N) is 1. The predicted octanol–water partition coefficient (Wildman–Crippen LogP) is 0.290. The Balaban J connectivity index is 2.28. The Bertz CT molecular complexity index is 420. The van der Waals surface area contributed by atoms with Gasteiger partial charge in [-0.2, -0.15) is 0 Å². The van der Waals surface area contributed by atoms with E-state index in [0.717, 1.165) is 11.4 Å². The topological polar surface area (TPSA) is 97.1 Å². The molecule has 7 heteroatoms. The molecule has 4 N–H and O–H groups in total. The van der Waals surface area contributed by atoms with E-state index in [1.54, 1.807) is 5.38 Å². The van der Waals surface area contributed by atoms with Crippen molar-refractivity contribution in [2.45, 2.75) is 26.2 Å². The van der Waals surface area contributed by atoms with Gasteiger partial charge < -0.3 is 16.4 Å². The number of hydrogen-bond donors (Lipinski definition) is 3. The van der Waals surface area contributed by atoms with Crippen molar-refractivity contribution < 1.29 is 9.59 Å². The summed E-state index contributed by atoms with van der Waals surface area (Å²) >= 11 is 1.42. The van der Waals surface area contributed by atoms with E-state index < -0.39 is 0 Å². The molecule has 2 amide bonds. The summed E-state index contributed by atoms with van der Waals surface area (Å²) in [6, 6.07) is 0. The molecule has 106 valence electrons. The van der Waals surface area contributed by atoms with Crippen molar-refractivity contribution >= 4 is 23.2 Å². The standard InChI is InChI=1S/C12H20N4O2S/c1-2-6-14-10(17)4-7-15-12(18)9-8-19-11(16-9)3-5-13/h8H,2-7,13H2,1H3,(H,14,17)(H,15,18). The molecule has 0 unspecified atom stereocenters. The first-order valence-corrected chi connectivity index (χ1v) is 7.24. The van der Waals surface area contributed by atoms with Gasteiger partial charge in [-0.3, -0.25) is 9.59 Å². The number of carbonyl (C=O) groups is 2. The summed E-state index contributed by atoms with van der Waals surface area (Å²) in [5.41, 5.74) is 5.81. The smallest absolute Gasteiger partial charge is 0.270 e. The maximum absolute atomic E-state index is 11.7. The van der Waals surface area contributed by atoms with Crippen LogP contribution in [0, 0.1) is 0 Å². The van der Waals surface area contributed by atoms with Gasteiger partial charge in [-0.05, 0) is 13.0 Å². The Kier molecular flexibility index (Phi) is 7.06. The lowest BCUT2D eigenvalue weighted by atomic mass is 10.3. The number of aromatic nitrogens is 1. The second-order valence-corrected chi connectivity index (χ2v) is 4.96. The lowest BCUT2D eigenvalue weighted by molar-refractivity contribution is -0.120. The highest BCUT2D eigenvalue weighted by atomic mass is 32.1. The summed E-state index contributed by atoms with van der Waals surface area (Å²) < 4.78 is 0. The molecule has 0 saturated carbocycles. The molecular formula is C12H20N4O2S. The second-order valence-electron chi connectivity index (χ2n) is 4.02. The van der Waals surface area contributed by atoms with Gasteiger partial charge in [0.2, 0.25) is 5.91 Å². The summed E-state index contributed by atoms with van der Waals surface area (Å²) in [6.07, 6.45) is 1.86. The Morgan fingerprint density at radius 3 is 2.84 bits per heavy atom. The number of rotatable bonds is 8. The van der Waals surface area contributed by atoms with Crippen molar-refractivity contribution in [3.63, 3.8) is 0 Å². The molecule has 0 aliphatic heterocycles. The molecule has 0 bridgehead atoms. The van der Waals surface area contributed by atoms with E-state index in [2.05, 4.69) is 15.6 Å². The minimum Gasteiger partial charge on any atom is -0.356 e. The number of carbonyl (C=O) groups excluding carboxylic acids is 2. The maximum atomic E-state index is 11.7. The van der Waals surface area contributed by atoms with Crippen LogP contribution in [-0.4, -0.2) is 36.4 Å². The largest absolute Gasteiger partial charge is 0.356 e. The highest BCUT2D eigenvalue weighted by Crippen LogP contribution is 2.09. The van der Waals surface area contributed by atoms with Crippen molar-refractivity contribution in [1.82, 2.24) is 15.6 Å². The first-order chi connectivity index (χ1) is 9.17. The fraction of sp³-hybridized carbons (Fsp3) is 0.583. The lowest BCUT2D eigenvalue weighted by Gasteiger charge is -2.04. The zero-order chi connectivity index (χ0) is 14.1. The van der Waals surface area contributed by atoms with E-state index in [1.165, 1.54) is 11.3 Å². The average Bonchev–Trinajstić information content (AvgIpc) is 2.85. The molecule has 0 fully saturated rings. The van der Waals surface area contributed by atoms with Gasteiger partial charge in [0.15, 0.2) is 0 Å². The molecule has 1 heterocycles. The van der Waals surface area contributed by atoms with Gasteiger partial charge in [0.25, 0.3) is 5.91 Å². The maximum Gasteiger partial charge on any atom is 0.270 e. The van der Waals surface area contributed by atoms with Crippen LogP contribution in [0.15, 0.2) is 5.38 Å². The van der Waals surface area contributed by atoms with Gasteiger partial charge in [-0.25, -0.2) is 4.98 Å². The molecule has 0 saturated heterocycles. The van der Waals surface area contributed by atoms with E-state index in [-0.39, 0.29) is 18.2 Å². The summed E-state index contributed by atoms with van der Waals surface area (Å²) in [5.74, 6) is -0.299. The van der Waals surface area contributed by atoms with Crippen molar-refractivity contribution in [3.8, 4) is 0 Å². The predicted molar refractivity (Wildman–Crippen MR) is 75.1 cm³/mol. The quantitative estimate of drug-likeness (QED) is 0.639. The lowest BCUT2D eigenvalue weighted by Crippen LogP contribution is -2.31. The monoisotopic (exact) mass is 284 g/mol. The molecule has 1 rings (SSSR count). The molecule has 0 aromatic carbocycles. The van der Waals surface area contributed by atoms with Gasteiger partial charge in [0, 0.05) is 31.3 Å². The van der Waals surface area contributed by atoms with Crippen molar-refractivity contribution in [2.24, 2.45) is 5.73 Å². The third-order valence-electron chi connectivity index (χ3n) is 2.35. The van der Waals surface area contributed by atoms with Gasteiger partial charge in [-0.1, -0.05) is 6.92 Å². The normalized spacial score (nSPS) is 10.2. The Morgan fingerprint density at radius 2 is 2.16 bits per heavy atom. The Morgan fingerprint density at radius 1 is 1.37 bits per heavy atom. The summed E-state index contributed by atoms with van der Waals surface area (Å²) in [7, 11) is 0. The first kappa shape index (κ1) is 15.6. The van der Waals surface area contributed by atoms with Crippen molar-refractivity contribution in [3.05, 3.63) is 16.1 Å². The minimum atomic E-state index is -0.247. The van der Waals surface area contributed by atoms with Crippen LogP contribution in [0.1, 0.15) is 35.3 Å². The highest BCUT2D eigenvalue weighted by Gasteiger charge is 2.10. The number of amides is 2. The van der Waals surface area contributed by atoms with E-state index in [1.807, 2.05) is 6.92 Å². The summed E-state index contributed by atoms with van der Waals surface area (Å²) in [5, 5.41) is 7.98. The molecule has 19 heavy (non-hydrogen) atoms. The average molecular weight is 284 g/mol. The van der Waals surface area contributed by atoms with Crippen LogP contribution in [0.4, 0.5) is 0 Å². The zero-order valence-electron chi connectivity index (χ0n) is 11.1. The van der Waals surface area contributed by atoms with E-state index in [4.69, 9.17) is 5.73 Å². The molecule has 0 aliphatic rings. The second kappa shape index (κ2) is 8.60. The van der Waals surface area contributed by atoms with E-state index >= 15 is 0 Å². The third kappa shape index (κ3) is 5.80. The summed E-state index contributed by atoms with van der Waals surface area (Å²) in [6.45, 7) is 3.49. The molecule has 0 atom stereocenters. The van der Waals surface area contributed by atoms with Gasteiger partial charge in [0.05, 0.1) is 5.01 Å². The van der Waals surface area contributed by atoms with E-state index in [0.29, 0.717) is 31.7 Å². The first-order valence-electron chi connectivity index (χ1n) is 6.36. The van der Waals surface area contributed by atoms with Gasteiger partial charge in [-0.15, -0.1) is 11.3 Å². The van der Waals surface area contributed by atoms with Crippen LogP contribution in [0.3, 0.4) is 0 Å². The summed E-state index contributed by atoms with van der Waals surface area (Å²) in [4.78, 5) is 27.2. The van der Waals surface area contributed by atoms with Gasteiger partial charge >= 0.3 is 0 Å². The molecule has 0 aliphatic carbocycles. The van der Waals surface area contributed by atoms with Crippen molar-refractivity contribution in [2.75, 3.05) is 19.6 Å². The Labute approximate surface area is 116 Å². The zero-order valence-corrected chi connectivity index (χ0v) is 11.9. The molecule has 0 spiro atoms. The number of thiazole rings is 1. The fourth-order valence-electron chi connectivity index (χ4n) is 1.39. The fourth-order valence-corrected chi connectivity index (χ4v) is 2.18. The number of hydrogen-bond acceptors (Lipinski definition) is 5. The molecule has 0 radical (unpaired) electrons. The number of nitrogens with zero attached hydrogens (tertiary/aromatic N) is 1. The Hall–Kier alpha value is -1.47. The molecular weight excluding hydrogens is 264 g/mol. The molecule has 1 aromatic rings. The van der Waals surface area contributed by atoms with Crippen LogP contribution in [0.5, 0.6) is 0 Å². The minimum absolute atomic E-state index is 0.0516.